The Morgan fingerprint density at radius 2 is 2.12 bits per heavy atom. The van der Waals surface area contributed by atoms with E-state index in [1.54, 1.807) is 6.33 Å². The van der Waals surface area contributed by atoms with Crippen molar-refractivity contribution in [3.8, 4) is 0 Å². The van der Waals surface area contributed by atoms with Gasteiger partial charge >= 0.3 is 0 Å². The Hall–Kier alpha value is -0.940. The first-order valence-corrected chi connectivity index (χ1v) is 6.32. The number of aliphatic hydroxyl groups excluding tert-OH is 1. The quantitative estimate of drug-likeness (QED) is 0.658. The molecule has 1 heterocycles. The molecule has 0 aliphatic heterocycles. The minimum absolute atomic E-state index is 0.0277. The zero-order valence-corrected chi connectivity index (χ0v) is 11.1. The summed E-state index contributed by atoms with van der Waals surface area (Å²) in [7, 11) is 1.95. The summed E-state index contributed by atoms with van der Waals surface area (Å²) < 4.78 is 1.93. The zero-order chi connectivity index (χ0) is 12.7. The minimum Gasteiger partial charge on any atom is -0.396 e. The number of hydrogen-bond acceptors (Lipinski definition) is 4. The molecule has 5 nitrogen and oxygen atoms in total. The van der Waals surface area contributed by atoms with Crippen molar-refractivity contribution >= 4 is 0 Å². The summed E-state index contributed by atoms with van der Waals surface area (Å²) in [5, 5.41) is 20.7. The topological polar surface area (TPSA) is 63.0 Å². The molecule has 0 aliphatic rings. The van der Waals surface area contributed by atoms with Gasteiger partial charge in [0.05, 0.1) is 0 Å². The molecule has 0 aromatic carbocycles. The van der Waals surface area contributed by atoms with Gasteiger partial charge < -0.3 is 15.0 Å². The molecule has 5 heteroatoms. The van der Waals surface area contributed by atoms with E-state index in [4.69, 9.17) is 0 Å². The smallest absolute Gasteiger partial charge is 0.133 e. The predicted molar refractivity (Wildman–Crippen MR) is 67.7 cm³/mol. The fourth-order valence-electron chi connectivity index (χ4n) is 1.87. The van der Waals surface area contributed by atoms with E-state index in [0.29, 0.717) is 0 Å². The molecule has 1 aromatic rings. The lowest BCUT2D eigenvalue weighted by molar-refractivity contribution is 0.113. The van der Waals surface area contributed by atoms with Gasteiger partial charge in [-0.1, -0.05) is 13.8 Å². The van der Waals surface area contributed by atoms with E-state index in [1.807, 2.05) is 11.6 Å². The van der Waals surface area contributed by atoms with Crippen LogP contribution in [0.3, 0.4) is 0 Å². The van der Waals surface area contributed by atoms with Crippen LogP contribution in [0.25, 0.3) is 0 Å². The maximum absolute atomic E-state index is 9.44. The first kappa shape index (κ1) is 14.1. The second kappa shape index (κ2) is 6.71. The van der Waals surface area contributed by atoms with Crippen molar-refractivity contribution in [3.63, 3.8) is 0 Å². The van der Waals surface area contributed by atoms with Crippen LogP contribution in [0.2, 0.25) is 0 Å². The maximum atomic E-state index is 9.44. The standard InChI is InChI=1S/C12H24N4O/c1-4-12(5-2,9-17)8-13-7-6-11-15-14-10-16(11)3/h10,13,17H,4-9H2,1-3H3. The van der Waals surface area contributed by atoms with Gasteiger partial charge in [0.15, 0.2) is 0 Å². The molecular weight excluding hydrogens is 216 g/mol. The second-order valence-corrected chi connectivity index (χ2v) is 4.65. The van der Waals surface area contributed by atoms with Gasteiger partial charge in [-0.15, -0.1) is 10.2 Å². The number of hydrogen-bond donors (Lipinski definition) is 2. The number of nitrogens with one attached hydrogen (secondary N) is 1. The van der Waals surface area contributed by atoms with E-state index in [2.05, 4.69) is 29.4 Å². The molecule has 17 heavy (non-hydrogen) atoms. The third-order valence-electron chi connectivity index (χ3n) is 3.67. The Kier molecular flexibility index (Phi) is 5.58. The number of aliphatic hydroxyl groups is 1. The Morgan fingerprint density at radius 1 is 1.41 bits per heavy atom. The van der Waals surface area contributed by atoms with E-state index in [0.717, 1.165) is 38.2 Å². The summed E-state index contributed by atoms with van der Waals surface area (Å²) in [4.78, 5) is 0. The highest BCUT2D eigenvalue weighted by Crippen LogP contribution is 2.24. The average molecular weight is 240 g/mol. The van der Waals surface area contributed by atoms with Gasteiger partial charge in [0.1, 0.15) is 12.2 Å². The van der Waals surface area contributed by atoms with E-state index in [1.165, 1.54) is 0 Å². The monoisotopic (exact) mass is 240 g/mol. The molecule has 0 aliphatic carbocycles. The van der Waals surface area contributed by atoms with Crippen molar-refractivity contribution in [2.45, 2.75) is 33.1 Å². The SMILES string of the molecule is CCC(CC)(CO)CNCCc1nncn1C. The van der Waals surface area contributed by atoms with Crippen LogP contribution in [0.4, 0.5) is 0 Å². The molecule has 0 radical (unpaired) electrons. The van der Waals surface area contributed by atoms with Crippen LogP contribution in [-0.2, 0) is 13.5 Å². The summed E-state index contributed by atoms with van der Waals surface area (Å²) in [6, 6.07) is 0. The first-order valence-electron chi connectivity index (χ1n) is 6.32. The lowest BCUT2D eigenvalue weighted by Gasteiger charge is -2.29. The van der Waals surface area contributed by atoms with Crippen molar-refractivity contribution < 1.29 is 5.11 Å². The zero-order valence-electron chi connectivity index (χ0n) is 11.1. The molecule has 98 valence electrons. The van der Waals surface area contributed by atoms with Crippen molar-refractivity contribution in [1.82, 2.24) is 20.1 Å². The van der Waals surface area contributed by atoms with Gasteiger partial charge in [-0.3, -0.25) is 0 Å². The molecule has 0 fully saturated rings. The van der Waals surface area contributed by atoms with Crippen LogP contribution >= 0.6 is 0 Å². The summed E-state index contributed by atoms with van der Waals surface area (Å²) in [5.41, 5.74) is 0.0277. The second-order valence-electron chi connectivity index (χ2n) is 4.65. The molecule has 1 aromatic heterocycles. The van der Waals surface area contributed by atoms with E-state index in [-0.39, 0.29) is 12.0 Å². The number of rotatable bonds is 8. The molecule has 0 bridgehead atoms. The van der Waals surface area contributed by atoms with Crippen molar-refractivity contribution in [3.05, 3.63) is 12.2 Å². The van der Waals surface area contributed by atoms with E-state index in [9.17, 15) is 5.11 Å². The number of aryl methyl sites for hydroxylation is 1. The fraction of sp³-hybridized carbons (Fsp3) is 0.833. The van der Waals surface area contributed by atoms with Crippen LogP contribution < -0.4 is 5.32 Å². The fourth-order valence-corrected chi connectivity index (χ4v) is 1.87. The van der Waals surface area contributed by atoms with E-state index < -0.39 is 0 Å². The Morgan fingerprint density at radius 3 is 2.59 bits per heavy atom. The van der Waals surface area contributed by atoms with Crippen LogP contribution in [0.5, 0.6) is 0 Å². The molecule has 1 rings (SSSR count). The highest BCUT2D eigenvalue weighted by atomic mass is 16.3. The van der Waals surface area contributed by atoms with Crippen molar-refractivity contribution in [2.75, 3.05) is 19.7 Å². The number of nitrogens with zero attached hydrogens (tertiary/aromatic N) is 3. The minimum atomic E-state index is 0.0277. The molecule has 0 saturated carbocycles. The summed E-state index contributed by atoms with van der Waals surface area (Å²) in [5.74, 6) is 0.986. The Balaban J connectivity index is 2.30. The third-order valence-corrected chi connectivity index (χ3v) is 3.67. The van der Waals surface area contributed by atoms with Crippen LogP contribution in [0, 0.1) is 5.41 Å². The molecule has 2 N–H and O–H groups in total. The van der Waals surface area contributed by atoms with Crippen molar-refractivity contribution in [2.24, 2.45) is 12.5 Å². The van der Waals surface area contributed by atoms with Crippen LogP contribution in [0.1, 0.15) is 32.5 Å². The third kappa shape index (κ3) is 3.78. The Labute approximate surface area is 103 Å². The predicted octanol–water partition coefficient (Wildman–Crippen LogP) is 0.746. The average Bonchev–Trinajstić information content (AvgIpc) is 2.76. The molecular formula is C12H24N4O. The highest BCUT2D eigenvalue weighted by Gasteiger charge is 2.24. The summed E-state index contributed by atoms with van der Waals surface area (Å²) in [6.07, 6.45) is 4.57. The van der Waals surface area contributed by atoms with Gasteiger partial charge in [-0.2, -0.15) is 0 Å². The highest BCUT2D eigenvalue weighted by molar-refractivity contribution is 4.86. The van der Waals surface area contributed by atoms with Gasteiger partial charge in [-0.05, 0) is 12.8 Å². The molecule has 0 saturated heterocycles. The van der Waals surface area contributed by atoms with Crippen molar-refractivity contribution in [1.29, 1.82) is 0 Å². The maximum Gasteiger partial charge on any atom is 0.133 e. The van der Waals surface area contributed by atoms with Crippen LogP contribution in [0.15, 0.2) is 6.33 Å². The van der Waals surface area contributed by atoms with Gasteiger partial charge in [0.25, 0.3) is 0 Å². The van der Waals surface area contributed by atoms with Crippen LogP contribution in [-0.4, -0.2) is 39.6 Å². The van der Waals surface area contributed by atoms with Gasteiger partial charge in [-0.25, -0.2) is 0 Å². The first-order chi connectivity index (χ1) is 8.17. The van der Waals surface area contributed by atoms with Gasteiger partial charge in [0.2, 0.25) is 0 Å². The Bertz CT molecular complexity index is 312. The summed E-state index contributed by atoms with van der Waals surface area (Å²) in [6.45, 7) is 6.23. The molecule has 0 atom stereocenters. The largest absolute Gasteiger partial charge is 0.396 e. The van der Waals surface area contributed by atoms with E-state index >= 15 is 0 Å². The van der Waals surface area contributed by atoms with Gasteiger partial charge in [0, 0.05) is 38.6 Å². The molecule has 0 amide bonds. The normalized spacial score (nSPS) is 12.0. The molecule has 0 unspecified atom stereocenters. The lowest BCUT2D eigenvalue weighted by atomic mass is 9.83. The number of aromatic nitrogens is 3. The summed E-state index contributed by atoms with van der Waals surface area (Å²) >= 11 is 0. The molecule has 0 spiro atoms. The lowest BCUT2D eigenvalue weighted by Crippen LogP contribution is -2.37.